The zero-order chi connectivity index (χ0) is 14.5. The molecule has 0 heterocycles. The van der Waals surface area contributed by atoms with E-state index in [0.717, 1.165) is 4.47 Å². The maximum atomic E-state index is 13.5. The average Bonchev–Trinajstić information content (AvgIpc) is 2.36. The quantitative estimate of drug-likeness (QED) is 0.707. The topological polar surface area (TPSA) is 21.3 Å². The summed E-state index contributed by atoms with van der Waals surface area (Å²) in [5.74, 6) is -0.586. The van der Waals surface area contributed by atoms with Crippen LogP contribution in [0.15, 0.2) is 45.3 Å². The van der Waals surface area contributed by atoms with E-state index >= 15 is 0 Å². The molecule has 0 radical (unpaired) electrons. The van der Waals surface area contributed by atoms with Crippen molar-refractivity contribution in [2.75, 3.05) is 18.5 Å². The Kier molecular flexibility index (Phi) is 5.37. The van der Waals surface area contributed by atoms with Crippen LogP contribution in [0.25, 0.3) is 0 Å². The smallest absolute Gasteiger partial charge is 0.150 e. The van der Waals surface area contributed by atoms with E-state index in [0.29, 0.717) is 23.4 Å². The second-order valence-electron chi connectivity index (χ2n) is 3.98. The van der Waals surface area contributed by atoms with Gasteiger partial charge in [-0.3, -0.25) is 0 Å². The summed E-state index contributed by atoms with van der Waals surface area (Å²) >= 11 is 6.36. The molecular formula is C14H11Br2F2NO. The van der Waals surface area contributed by atoms with E-state index in [1.807, 2.05) is 24.3 Å². The van der Waals surface area contributed by atoms with Crippen molar-refractivity contribution >= 4 is 37.5 Å². The Morgan fingerprint density at radius 1 is 1.00 bits per heavy atom. The number of benzene rings is 2. The van der Waals surface area contributed by atoms with Gasteiger partial charge in [0.05, 0.1) is 0 Å². The average molecular weight is 407 g/mol. The summed E-state index contributed by atoms with van der Waals surface area (Å²) in [5.41, 5.74) is -0.147. The second-order valence-corrected chi connectivity index (χ2v) is 5.81. The highest BCUT2D eigenvalue weighted by molar-refractivity contribution is 9.10. The molecule has 0 bridgehead atoms. The monoisotopic (exact) mass is 405 g/mol. The van der Waals surface area contributed by atoms with Crippen LogP contribution in [0.5, 0.6) is 5.75 Å². The zero-order valence-corrected chi connectivity index (χ0v) is 13.5. The van der Waals surface area contributed by atoms with Crippen LogP contribution in [0, 0.1) is 11.6 Å². The van der Waals surface area contributed by atoms with Gasteiger partial charge in [0, 0.05) is 15.5 Å². The van der Waals surface area contributed by atoms with E-state index in [1.54, 1.807) is 0 Å². The van der Waals surface area contributed by atoms with Crippen molar-refractivity contribution in [3.05, 3.63) is 57.0 Å². The van der Waals surface area contributed by atoms with Crippen LogP contribution in [0.1, 0.15) is 0 Å². The Morgan fingerprint density at radius 3 is 2.35 bits per heavy atom. The molecule has 0 fully saturated rings. The zero-order valence-electron chi connectivity index (χ0n) is 10.3. The first kappa shape index (κ1) is 15.3. The number of anilines is 1. The summed E-state index contributed by atoms with van der Waals surface area (Å²) in [5, 5.41) is 2.69. The lowest BCUT2D eigenvalue weighted by molar-refractivity contribution is 0.332. The fourth-order valence-corrected chi connectivity index (χ4v) is 2.39. The Hall–Kier alpha value is -1.14. The highest BCUT2D eigenvalue weighted by Gasteiger charge is 2.09. The molecule has 0 aliphatic rings. The minimum Gasteiger partial charge on any atom is -0.492 e. The van der Waals surface area contributed by atoms with Crippen LogP contribution in [0.4, 0.5) is 14.5 Å². The SMILES string of the molecule is Fc1cc(Br)cc(F)c1NCCOc1cccc(Br)c1. The Balaban J connectivity index is 1.88. The minimum atomic E-state index is -0.640. The molecule has 0 aliphatic carbocycles. The summed E-state index contributed by atoms with van der Waals surface area (Å²) in [4.78, 5) is 0. The molecule has 20 heavy (non-hydrogen) atoms. The van der Waals surface area contributed by atoms with Crippen LogP contribution >= 0.6 is 31.9 Å². The lowest BCUT2D eigenvalue weighted by Gasteiger charge is -2.10. The van der Waals surface area contributed by atoms with Gasteiger partial charge in [0.2, 0.25) is 0 Å². The Morgan fingerprint density at radius 2 is 1.70 bits per heavy atom. The number of hydrogen-bond acceptors (Lipinski definition) is 2. The molecule has 6 heteroatoms. The molecule has 0 spiro atoms. The van der Waals surface area contributed by atoms with E-state index in [2.05, 4.69) is 37.2 Å². The Labute approximate surface area is 132 Å². The lowest BCUT2D eigenvalue weighted by atomic mass is 10.3. The number of rotatable bonds is 5. The van der Waals surface area contributed by atoms with E-state index < -0.39 is 11.6 Å². The van der Waals surface area contributed by atoms with Gasteiger partial charge in [-0.15, -0.1) is 0 Å². The third-order valence-electron chi connectivity index (χ3n) is 2.48. The van der Waals surface area contributed by atoms with E-state index in [1.165, 1.54) is 12.1 Å². The van der Waals surface area contributed by atoms with Crippen LogP contribution in [-0.2, 0) is 0 Å². The highest BCUT2D eigenvalue weighted by atomic mass is 79.9. The van der Waals surface area contributed by atoms with Crippen molar-refractivity contribution in [3.8, 4) is 5.75 Å². The molecule has 0 amide bonds. The van der Waals surface area contributed by atoms with Crippen molar-refractivity contribution in [2.24, 2.45) is 0 Å². The first-order valence-corrected chi connectivity index (χ1v) is 7.41. The van der Waals surface area contributed by atoms with Crippen LogP contribution < -0.4 is 10.1 Å². The van der Waals surface area contributed by atoms with Gasteiger partial charge in [0.25, 0.3) is 0 Å². The number of halogens is 4. The van der Waals surface area contributed by atoms with Crippen molar-refractivity contribution in [2.45, 2.75) is 0 Å². The number of ether oxygens (including phenoxy) is 1. The van der Waals surface area contributed by atoms with Gasteiger partial charge in [-0.05, 0) is 30.3 Å². The maximum absolute atomic E-state index is 13.5. The third kappa shape index (κ3) is 4.18. The fourth-order valence-electron chi connectivity index (χ4n) is 1.61. The van der Waals surface area contributed by atoms with Crippen molar-refractivity contribution in [1.29, 1.82) is 0 Å². The van der Waals surface area contributed by atoms with E-state index in [4.69, 9.17) is 4.74 Å². The van der Waals surface area contributed by atoms with Gasteiger partial charge in [-0.1, -0.05) is 37.9 Å². The number of hydrogen-bond donors (Lipinski definition) is 1. The molecule has 2 nitrogen and oxygen atoms in total. The predicted molar refractivity (Wildman–Crippen MR) is 82.2 cm³/mol. The molecule has 106 valence electrons. The molecule has 2 aromatic rings. The summed E-state index contributed by atoms with van der Waals surface area (Å²) in [6.07, 6.45) is 0. The van der Waals surface area contributed by atoms with Gasteiger partial charge in [-0.25, -0.2) is 8.78 Å². The van der Waals surface area contributed by atoms with Crippen molar-refractivity contribution in [1.82, 2.24) is 0 Å². The summed E-state index contributed by atoms with van der Waals surface area (Å²) in [6, 6.07) is 9.78. The lowest BCUT2D eigenvalue weighted by Crippen LogP contribution is -2.13. The normalized spacial score (nSPS) is 10.4. The number of nitrogens with one attached hydrogen (secondary N) is 1. The molecule has 2 aromatic carbocycles. The minimum absolute atomic E-state index is 0.147. The molecule has 0 saturated carbocycles. The molecule has 0 aromatic heterocycles. The van der Waals surface area contributed by atoms with Gasteiger partial charge in [-0.2, -0.15) is 0 Å². The van der Waals surface area contributed by atoms with Gasteiger partial charge in [0.1, 0.15) is 29.7 Å². The first-order valence-electron chi connectivity index (χ1n) is 5.83. The first-order chi connectivity index (χ1) is 9.56. The Bertz CT molecular complexity index is 584. The predicted octanol–water partition coefficient (Wildman–Crippen LogP) is 4.98. The molecule has 0 unspecified atom stereocenters. The van der Waals surface area contributed by atoms with Gasteiger partial charge < -0.3 is 10.1 Å². The van der Waals surface area contributed by atoms with E-state index in [9.17, 15) is 8.78 Å². The largest absolute Gasteiger partial charge is 0.492 e. The summed E-state index contributed by atoms with van der Waals surface area (Å²) in [6.45, 7) is 0.591. The molecular weight excluding hydrogens is 396 g/mol. The van der Waals surface area contributed by atoms with Crippen LogP contribution in [0.3, 0.4) is 0 Å². The van der Waals surface area contributed by atoms with Crippen molar-refractivity contribution in [3.63, 3.8) is 0 Å². The highest BCUT2D eigenvalue weighted by Crippen LogP contribution is 2.23. The maximum Gasteiger partial charge on any atom is 0.150 e. The standard InChI is InChI=1S/C14H11Br2F2NO/c15-9-2-1-3-11(6-9)20-5-4-19-14-12(17)7-10(16)8-13(14)18/h1-3,6-8,19H,4-5H2. The third-order valence-corrected chi connectivity index (χ3v) is 3.43. The van der Waals surface area contributed by atoms with Crippen LogP contribution in [-0.4, -0.2) is 13.2 Å². The molecule has 2 rings (SSSR count). The molecule has 0 aliphatic heterocycles. The fraction of sp³-hybridized carbons (Fsp3) is 0.143. The van der Waals surface area contributed by atoms with Gasteiger partial charge >= 0.3 is 0 Å². The second kappa shape index (κ2) is 7.04. The molecule has 0 saturated heterocycles. The molecule has 1 N–H and O–H groups in total. The summed E-state index contributed by atoms with van der Waals surface area (Å²) < 4.78 is 33.8. The van der Waals surface area contributed by atoms with E-state index in [-0.39, 0.29) is 5.69 Å². The van der Waals surface area contributed by atoms with Crippen molar-refractivity contribution < 1.29 is 13.5 Å². The van der Waals surface area contributed by atoms with Crippen LogP contribution in [0.2, 0.25) is 0 Å². The van der Waals surface area contributed by atoms with Gasteiger partial charge in [0.15, 0.2) is 0 Å². The molecule has 0 atom stereocenters. The summed E-state index contributed by atoms with van der Waals surface area (Å²) in [7, 11) is 0.